The second-order valence-corrected chi connectivity index (χ2v) is 5.58. The fourth-order valence-electron chi connectivity index (χ4n) is 2.81. The number of hydrogen-bond acceptors (Lipinski definition) is 2. The van der Waals surface area contributed by atoms with E-state index in [-0.39, 0.29) is 24.5 Å². The molecule has 0 fully saturated rings. The van der Waals surface area contributed by atoms with Gasteiger partial charge in [-0.25, -0.2) is 0 Å². The van der Waals surface area contributed by atoms with Gasteiger partial charge < -0.3 is 10.4 Å². The molecule has 0 bridgehead atoms. The van der Waals surface area contributed by atoms with E-state index in [1.807, 2.05) is 42.5 Å². The van der Waals surface area contributed by atoms with Crippen LogP contribution in [0.25, 0.3) is 16.8 Å². The topological polar surface area (TPSA) is 49.3 Å². The van der Waals surface area contributed by atoms with E-state index in [0.717, 1.165) is 22.8 Å². The lowest BCUT2D eigenvalue weighted by atomic mass is 10.0. The maximum atomic E-state index is 12.0. The van der Waals surface area contributed by atoms with Gasteiger partial charge in [0.2, 0.25) is 5.91 Å². The van der Waals surface area contributed by atoms with Crippen molar-refractivity contribution in [3.8, 4) is 0 Å². The summed E-state index contributed by atoms with van der Waals surface area (Å²) in [5.74, 6) is 0.0496. The first-order chi connectivity index (χ1) is 10.8. The van der Waals surface area contributed by atoms with Gasteiger partial charge in [0.25, 0.3) is 0 Å². The molecule has 0 saturated heterocycles. The minimum Gasteiger partial charge on any atom is -0.396 e. The number of nitrogens with one attached hydrogen (secondary N) is 1. The smallest absolute Gasteiger partial charge is 0.244 e. The molecule has 2 aromatic rings. The first-order valence-electron chi connectivity index (χ1n) is 7.52. The van der Waals surface area contributed by atoms with E-state index in [9.17, 15) is 4.79 Å². The van der Waals surface area contributed by atoms with Gasteiger partial charge in [-0.15, -0.1) is 0 Å². The van der Waals surface area contributed by atoms with Gasteiger partial charge >= 0.3 is 0 Å². The molecule has 1 amide bonds. The number of benzene rings is 2. The molecule has 112 valence electrons. The Kier molecular flexibility index (Phi) is 4.35. The molecule has 3 heteroatoms. The van der Waals surface area contributed by atoms with Crippen LogP contribution in [0.3, 0.4) is 0 Å². The zero-order valence-electron chi connectivity index (χ0n) is 12.3. The molecule has 2 N–H and O–H groups in total. The Morgan fingerprint density at radius 1 is 1.18 bits per heavy atom. The monoisotopic (exact) mass is 293 g/mol. The van der Waals surface area contributed by atoms with E-state index in [0.29, 0.717) is 0 Å². The van der Waals surface area contributed by atoms with Crippen LogP contribution in [0, 0.1) is 5.92 Å². The standard InChI is InChI=1S/C19H19NO2/c21-13-14-8-10-17(12-14)20-19(22)11-9-16-6-3-5-15-4-1-2-7-18(15)16/h1-11,14,17,21H,12-13H2,(H,20,22)/b11-9+/t14-,17+/m0/s1. The zero-order chi connectivity index (χ0) is 15.4. The highest BCUT2D eigenvalue weighted by Crippen LogP contribution is 2.20. The Hall–Kier alpha value is -2.39. The van der Waals surface area contributed by atoms with E-state index in [4.69, 9.17) is 5.11 Å². The summed E-state index contributed by atoms with van der Waals surface area (Å²) in [5, 5.41) is 14.3. The molecule has 0 saturated carbocycles. The van der Waals surface area contributed by atoms with Crippen LogP contribution in [0.15, 0.2) is 60.7 Å². The maximum absolute atomic E-state index is 12.0. The van der Waals surface area contributed by atoms with Crippen molar-refractivity contribution in [2.45, 2.75) is 12.5 Å². The van der Waals surface area contributed by atoms with Crippen LogP contribution in [-0.2, 0) is 4.79 Å². The third kappa shape index (κ3) is 3.26. The van der Waals surface area contributed by atoms with Gasteiger partial charge in [-0.05, 0) is 28.8 Å². The van der Waals surface area contributed by atoms with Crippen LogP contribution in [0.5, 0.6) is 0 Å². The number of aliphatic hydroxyl groups excluding tert-OH is 1. The van der Waals surface area contributed by atoms with E-state index in [2.05, 4.69) is 23.5 Å². The highest BCUT2D eigenvalue weighted by molar-refractivity contribution is 5.96. The molecule has 3 nitrogen and oxygen atoms in total. The zero-order valence-corrected chi connectivity index (χ0v) is 12.3. The molecule has 2 atom stereocenters. The van der Waals surface area contributed by atoms with E-state index in [1.165, 1.54) is 0 Å². The normalized spacial score (nSPS) is 20.8. The predicted octanol–water partition coefficient (Wildman–Crippen LogP) is 2.91. The first kappa shape index (κ1) is 14.5. The Morgan fingerprint density at radius 3 is 2.82 bits per heavy atom. The molecule has 3 rings (SSSR count). The van der Waals surface area contributed by atoms with Crippen molar-refractivity contribution in [1.29, 1.82) is 0 Å². The molecule has 0 radical (unpaired) electrons. The van der Waals surface area contributed by atoms with Gasteiger partial charge in [0.05, 0.1) is 0 Å². The number of rotatable bonds is 4. The maximum Gasteiger partial charge on any atom is 0.244 e. The molecule has 0 aromatic heterocycles. The van der Waals surface area contributed by atoms with Crippen LogP contribution in [-0.4, -0.2) is 23.7 Å². The fraction of sp³-hybridized carbons (Fsp3) is 0.211. The lowest BCUT2D eigenvalue weighted by molar-refractivity contribution is -0.116. The molecule has 0 unspecified atom stereocenters. The van der Waals surface area contributed by atoms with Crippen LogP contribution in [0.4, 0.5) is 0 Å². The Morgan fingerprint density at radius 2 is 2.00 bits per heavy atom. The van der Waals surface area contributed by atoms with Crippen LogP contribution in [0.2, 0.25) is 0 Å². The average molecular weight is 293 g/mol. The molecule has 0 spiro atoms. The summed E-state index contributed by atoms with van der Waals surface area (Å²) in [5.41, 5.74) is 1.03. The number of fused-ring (bicyclic) bond motifs is 1. The van der Waals surface area contributed by atoms with Gasteiger partial charge in [0.15, 0.2) is 0 Å². The second kappa shape index (κ2) is 6.58. The number of carbonyl (C=O) groups excluding carboxylic acids is 1. The quantitative estimate of drug-likeness (QED) is 0.672. The van der Waals surface area contributed by atoms with Crippen molar-refractivity contribution >= 4 is 22.8 Å². The van der Waals surface area contributed by atoms with Gasteiger partial charge in [-0.2, -0.15) is 0 Å². The average Bonchev–Trinajstić information content (AvgIpc) is 3.00. The van der Waals surface area contributed by atoms with E-state index < -0.39 is 0 Å². The minimum atomic E-state index is -0.110. The van der Waals surface area contributed by atoms with Crippen LogP contribution >= 0.6 is 0 Å². The Balaban J connectivity index is 1.68. The van der Waals surface area contributed by atoms with Gasteiger partial charge in [0.1, 0.15) is 0 Å². The summed E-state index contributed by atoms with van der Waals surface area (Å²) in [6.07, 6.45) is 8.09. The van der Waals surface area contributed by atoms with Crippen molar-refractivity contribution in [1.82, 2.24) is 5.32 Å². The summed E-state index contributed by atoms with van der Waals surface area (Å²) in [6, 6.07) is 14.2. The number of aliphatic hydroxyl groups is 1. The predicted molar refractivity (Wildman–Crippen MR) is 89.2 cm³/mol. The third-order valence-electron chi connectivity index (χ3n) is 3.97. The van der Waals surface area contributed by atoms with Crippen molar-refractivity contribution in [2.24, 2.45) is 5.92 Å². The fourth-order valence-corrected chi connectivity index (χ4v) is 2.81. The molecule has 2 aromatic carbocycles. The minimum absolute atomic E-state index is 0.0156. The summed E-state index contributed by atoms with van der Waals surface area (Å²) in [7, 11) is 0. The van der Waals surface area contributed by atoms with Crippen LogP contribution in [0.1, 0.15) is 12.0 Å². The van der Waals surface area contributed by atoms with Crippen molar-refractivity contribution in [3.05, 3.63) is 66.3 Å². The first-order valence-corrected chi connectivity index (χ1v) is 7.52. The number of carbonyl (C=O) groups is 1. The summed E-state index contributed by atoms with van der Waals surface area (Å²) >= 11 is 0. The van der Waals surface area contributed by atoms with Gasteiger partial charge in [-0.1, -0.05) is 54.6 Å². The summed E-state index contributed by atoms with van der Waals surface area (Å²) < 4.78 is 0. The molecular weight excluding hydrogens is 274 g/mol. The van der Waals surface area contributed by atoms with E-state index >= 15 is 0 Å². The molecule has 1 aliphatic rings. The Labute approximate surface area is 130 Å². The molecular formula is C19H19NO2. The van der Waals surface area contributed by atoms with Gasteiger partial charge in [0, 0.05) is 24.6 Å². The number of amides is 1. The van der Waals surface area contributed by atoms with Crippen molar-refractivity contribution in [3.63, 3.8) is 0 Å². The molecule has 22 heavy (non-hydrogen) atoms. The third-order valence-corrected chi connectivity index (χ3v) is 3.97. The lowest BCUT2D eigenvalue weighted by Crippen LogP contribution is -2.31. The molecule has 1 aliphatic carbocycles. The number of hydrogen-bond donors (Lipinski definition) is 2. The molecule has 0 heterocycles. The second-order valence-electron chi connectivity index (χ2n) is 5.58. The molecule has 0 aliphatic heterocycles. The summed E-state index contributed by atoms with van der Waals surface area (Å²) in [6.45, 7) is 0.134. The highest BCUT2D eigenvalue weighted by Gasteiger charge is 2.18. The summed E-state index contributed by atoms with van der Waals surface area (Å²) in [4.78, 5) is 12.0. The highest BCUT2D eigenvalue weighted by atomic mass is 16.3. The largest absolute Gasteiger partial charge is 0.396 e. The lowest BCUT2D eigenvalue weighted by Gasteiger charge is -2.10. The Bertz CT molecular complexity index is 728. The van der Waals surface area contributed by atoms with Gasteiger partial charge in [-0.3, -0.25) is 4.79 Å². The van der Waals surface area contributed by atoms with Crippen LogP contribution < -0.4 is 5.32 Å². The SMILES string of the molecule is O=C(/C=C/c1cccc2ccccc12)N[C@@H]1C=C[C@H](CO)C1. The van der Waals surface area contributed by atoms with Crippen molar-refractivity contribution in [2.75, 3.05) is 6.61 Å². The van der Waals surface area contributed by atoms with Crippen molar-refractivity contribution < 1.29 is 9.90 Å². The van der Waals surface area contributed by atoms with E-state index in [1.54, 1.807) is 6.08 Å².